The van der Waals surface area contributed by atoms with Gasteiger partial charge in [-0.15, -0.1) is 0 Å². The number of anilines is 1. The summed E-state index contributed by atoms with van der Waals surface area (Å²) in [7, 11) is 5.53. The van der Waals surface area contributed by atoms with Crippen molar-refractivity contribution in [3.05, 3.63) is 22.3 Å². The fourth-order valence-corrected chi connectivity index (χ4v) is 35.3. The Morgan fingerprint density at radius 3 is 2.92 bits per heavy atom. The topological polar surface area (TPSA) is 176 Å². The molecule has 14 nitrogen and oxygen atoms in total. The monoisotopic (exact) mass is 781 g/mol. The summed E-state index contributed by atoms with van der Waals surface area (Å²) in [5.74, 6) is -0.583. The van der Waals surface area contributed by atoms with Gasteiger partial charge in [-0.1, -0.05) is 0 Å². The third kappa shape index (κ3) is 6.28. The maximum absolute atomic E-state index is 13.0. The van der Waals surface area contributed by atoms with Crippen LogP contribution in [0.2, 0.25) is 0 Å². The van der Waals surface area contributed by atoms with Crippen LogP contribution in [0.1, 0.15) is 5.69 Å². The molecule has 1 saturated heterocycles. The Morgan fingerprint density at radius 2 is 2.19 bits per heavy atom. The first-order chi connectivity index (χ1) is 17.3. The van der Waals surface area contributed by atoms with E-state index in [1.807, 2.05) is 19.0 Å². The number of fused-ring (bicyclic) bond motifs is 1. The normalized spacial score (nSPS) is 17.2. The van der Waals surface area contributed by atoms with Crippen molar-refractivity contribution >= 4 is 90.2 Å². The Bertz CT molecular complexity index is 1210. The molecule has 0 spiro atoms. The Balaban J connectivity index is 1.39. The van der Waals surface area contributed by atoms with Gasteiger partial charge >= 0.3 is 229 Å². The van der Waals surface area contributed by atoms with E-state index in [1.54, 1.807) is 19.0 Å². The Kier molecular flexibility index (Phi) is 9.40. The van der Waals surface area contributed by atoms with Gasteiger partial charge in [0.2, 0.25) is 0 Å². The Hall–Kier alpha value is -1.56. The summed E-state index contributed by atoms with van der Waals surface area (Å²) in [6, 6.07) is 0. The summed E-state index contributed by atoms with van der Waals surface area (Å²) in [5.41, 5.74) is 1.21. The van der Waals surface area contributed by atoms with Gasteiger partial charge in [0.15, 0.2) is 0 Å². The standard InChI is InChI=1S/C17H21I2N9O5S3/c1-26(2)3-4-27-17(23-24-25-27)35-6-10-7-36-19-18(15(33)28(19)13(10)14(31)32)22-12(30)5-11-8-34-16(21-11)20-9-29/h8-9H,3-7H2,1-2H3,(H,22,30)(H,31,32)(H,20,21,29). The van der Waals surface area contributed by atoms with E-state index in [2.05, 4.69) is 29.4 Å². The second-order valence-electron chi connectivity index (χ2n) is 7.35. The number of carboxylic acid groups (broad SMARTS) is 1. The molecular formula is C17H21I2N9O5S3. The van der Waals surface area contributed by atoms with Crippen molar-refractivity contribution in [2.75, 3.05) is 37.5 Å². The first-order valence-corrected chi connectivity index (χ1v) is 24.9. The summed E-state index contributed by atoms with van der Waals surface area (Å²) >= 11 is -2.12. The van der Waals surface area contributed by atoms with Gasteiger partial charge in [-0.3, -0.25) is 0 Å². The number of carbonyl (C=O) groups is 4. The molecule has 0 radical (unpaired) electrons. The van der Waals surface area contributed by atoms with E-state index >= 15 is 0 Å². The molecule has 4 heterocycles. The summed E-state index contributed by atoms with van der Waals surface area (Å²) in [5, 5.41) is 26.7. The van der Waals surface area contributed by atoms with Gasteiger partial charge in [0.05, 0.1) is 0 Å². The average molecular weight is 781 g/mol. The van der Waals surface area contributed by atoms with Crippen LogP contribution in [0.25, 0.3) is 0 Å². The third-order valence-corrected chi connectivity index (χ3v) is 36.9. The number of carboxylic acids is 1. The van der Waals surface area contributed by atoms with Crippen molar-refractivity contribution in [2.45, 2.75) is 18.1 Å². The molecule has 2 aliphatic heterocycles. The number of nitrogens with one attached hydrogen (secondary N) is 2. The molecule has 2 aromatic heterocycles. The fourth-order valence-electron chi connectivity index (χ4n) is 2.87. The number of halogens is 2. The molecule has 0 atom stereocenters. The minimum atomic E-state index is -2.48. The van der Waals surface area contributed by atoms with Gasteiger partial charge in [-0.2, -0.15) is 0 Å². The van der Waals surface area contributed by atoms with Crippen LogP contribution in [-0.2, 0) is 27.3 Å². The van der Waals surface area contributed by atoms with Crippen molar-refractivity contribution < 1.29 is 24.3 Å². The number of aromatic nitrogens is 5. The summed E-state index contributed by atoms with van der Waals surface area (Å²) in [4.78, 5) is 54.3. The van der Waals surface area contributed by atoms with E-state index in [9.17, 15) is 24.3 Å². The molecular weight excluding hydrogens is 760 g/mol. The number of amides is 3. The number of tetrazole rings is 1. The zero-order valence-corrected chi connectivity index (χ0v) is 25.6. The minimum absolute atomic E-state index is 0.000984. The van der Waals surface area contributed by atoms with E-state index in [-0.39, 0.29) is 21.9 Å². The number of hydrogen-bond donors (Lipinski definition) is 3. The molecule has 2 aromatic rings. The van der Waals surface area contributed by atoms with Crippen LogP contribution in [0.4, 0.5) is 9.93 Å². The van der Waals surface area contributed by atoms with E-state index in [1.165, 1.54) is 26.2 Å². The number of hydrogen-bond acceptors (Lipinski definition) is 12. The molecule has 0 aliphatic carbocycles. The molecule has 0 bridgehead atoms. The second-order valence-corrected chi connectivity index (χ2v) is 32.7. The fraction of sp³-hybridized carbons (Fsp3) is 0.412. The molecule has 36 heavy (non-hydrogen) atoms. The molecule has 4 rings (SSSR count). The van der Waals surface area contributed by atoms with Crippen LogP contribution in [0.3, 0.4) is 0 Å². The number of thioether (sulfide) groups is 1. The van der Waals surface area contributed by atoms with Crippen LogP contribution in [-0.4, -0.2) is 92.7 Å². The van der Waals surface area contributed by atoms with E-state index in [0.29, 0.717) is 46.0 Å². The molecule has 3 amide bonds. The van der Waals surface area contributed by atoms with Crippen molar-refractivity contribution in [3.8, 4) is 0 Å². The predicted molar refractivity (Wildman–Crippen MR) is 153 cm³/mol. The second kappa shape index (κ2) is 12.3. The van der Waals surface area contributed by atoms with Crippen LogP contribution in [0.15, 0.2) is 21.8 Å². The predicted octanol–water partition coefficient (Wildman–Crippen LogP) is 1.90. The number of aliphatic carboxylic acids is 1. The van der Waals surface area contributed by atoms with Gasteiger partial charge in [0.1, 0.15) is 0 Å². The van der Waals surface area contributed by atoms with Gasteiger partial charge in [0.25, 0.3) is 0 Å². The van der Waals surface area contributed by atoms with Gasteiger partial charge in [-0.25, -0.2) is 0 Å². The van der Waals surface area contributed by atoms with Gasteiger partial charge in [0, 0.05) is 0 Å². The Labute approximate surface area is 227 Å². The van der Waals surface area contributed by atoms with Crippen molar-refractivity contribution in [3.63, 3.8) is 0 Å². The molecule has 196 valence electrons. The molecule has 19 heteroatoms. The summed E-state index contributed by atoms with van der Waals surface area (Å²) in [6.45, 7) is 1.36. The molecule has 0 unspecified atom stereocenters. The van der Waals surface area contributed by atoms with Crippen LogP contribution in [0.5, 0.6) is 0 Å². The Morgan fingerprint density at radius 1 is 1.39 bits per heavy atom. The maximum atomic E-state index is 13.0. The van der Waals surface area contributed by atoms with Crippen molar-refractivity contribution in [1.29, 1.82) is 0 Å². The molecule has 3 N–H and O–H groups in total. The first kappa shape index (κ1) is 27.5. The molecule has 2 aliphatic rings. The zero-order chi connectivity index (χ0) is 25.8. The summed E-state index contributed by atoms with van der Waals surface area (Å²) in [6.07, 6.45) is 0.511. The average Bonchev–Trinajstić information content (AvgIpc) is 3.48. The summed E-state index contributed by atoms with van der Waals surface area (Å²) < 4.78 is 5.80. The molecule has 1 fully saturated rings. The van der Waals surface area contributed by atoms with E-state index < -0.39 is 36.8 Å². The van der Waals surface area contributed by atoms with Gasteiger partial charge < -0.3 is 0 Å². The zero-order valence-electron chi connectivity index (χ0n) is 18.9. The van der Waals surface area contributed by atoms with Gasteiger partial charge in [-0.05, 0) is 0 Å². The van der Waals surface area contributed by atoms with E-state index in [4.69, 9.17) is 0 Å². The van der Waals surface area contributed by atoms with Crippen LogP contribution in [0, 0.1) is 0 Å². The molecule has 0 saturated carbocycles. The number of thiazole rings is 1. The quantitative estimate of drug-likeness (QED) is 0.0714. The first-order valence-electron chi connectivity index (χ1n) is 10.1. The molecule has 0 aromatic carbocycles. The third-order valence-electron chi connectivity index (χ3n) is 4.50. The SMILES string of the molecule is CN(C)CCn1nnnc1SCC1=C(C(=O)O)N2C(=O)I(NC(=O)Cc3csc(NC=O)n3)I2SC1. The van der Waals surface area contributed by atoms with Crippen LogP contribution < -0.4 is 8.85 Å². The number of carbonyl (C=O) groups excluding carboxylic acids is 3. The van der Waals surface area contributed by atoms with Crippen LogP contribution >= 0.6 is 62.9 Å². The number of rotatable bonds is 12. The van der Waals surface area contributed by atoms with E-state index in [0.717, 1.165) is 6.54 Å². The van der Waals surface area contributed by atoms with Crippen molar-refractivity contribution in [1.82, 2.24) is 36.7 Å². The number of nitrogens with zero attached hydrogens (tertiary/aromatic N) is 7. The number of likely N-dealkylation sites (N-methyl/N-ethyl adjacent to an activating group) is 1. The van der Waals surface area contributed by atoms with Crippen molar-refractivity contribution in [2.24, 2.45) is 0 Å².